The molecule has 0 bridgehead atoms. The van der Waals surface area contributed by atoms with E-state index in [1.165, 1.54) is 16.3 Å². The standard InChI is InChI=1S/C18H14FN/c1-10-6-7-14-15(17(10)19)11(2)13-5-3-4-12-8-9-20-18(14)16(12)13/h3-9,11H,1-2H3. The Kier molecular flexibility index (Phi) is 2.25. The number of aryl methyl sites for hydroxylation is 1. The van der Waals surface area contributed by atoms with Crippen molar-refractivity contribution in [2.24, 2.45) is 0 Å². The summed E-state index contributed by atoms with van der Waals surface area (Å²) in [5, 5.41) is 2.34. The fourth-order valence-electron chi connectivity index (χ4n) is 3.31. The maximum absolute atomic E-state index is 14.6. The summed E-state index contributed by atoms with van der Waals surface area (Å²) in [6.45, 7) is 3.89. The summed E-state index contributed by atoms with van der Waals surface area (Å²) in [5.41, 5.74) is 4.49. The molecule has 0 saturated carbocycles. The Bertz CT molecular complexity index is 846. The first-order chi connectivity index (χ1) is 9.68. The predicted molar refractivity (Wildman–Crippen MR) is 79.4 cm³/mol. The molecule has 1 atom stereocenters. The highest BCUT2D eigenvalue weighted by Gasteiger charge is 2.28. The maximum Gasteiger partial charge on any atom is 0.130 e. The molecule has 2 aromatic carbocycles. The molecule has 1 unspecified atom stereocenters. The van der Waals surface area contributed by atoms with E-state index in [-0.39, 0.29) is 11.7 Å². The van der Waals surface area contributed by atoms with Gasteiger partial charge in [-0.1, -0.05) is 37.3 Å². The van der Waals surface area contributed by atoms with E-state index in [0.29, 0.717) is 5.56 Å². The number of benzene rings is 2. The zero-order chi connectivity index (χ0) is 13.9. The molecule has 0 aliphatic heterocycles. The average molecular weight is 263 g/mol. The zero-order valence-electron chi connectivity index (χ0n) is 11.4. The number of hydrogen-bond acceptors (Lipinski definition) is 1. The lowest BCUT2D eigenvalue weighted by Gasteiger charge is -2.26. The monoisotopic (exact) mass is 263 g/mol. The van der Waals surface area contributed by atoms with Crippen molar-refractivity contribution in [1.82, 2.24) is 4.98 Å². The van der Waals surface area contributed by atoms with Crippen molar-refractivity contribution in [2.75, 3.05) is 0 Å². The van der Waals surface area contributed by atoms with Crippen LogP contribution in [0.2, 0.25) is 0 Å². The average Bonchev–Trinajstić information content (AvgIpc) is 2.47. The van der Waals surface area contributed by atoms with Crippen molar-refractivity contribution in [1.29, 1.82) is 0 Å². The Morgan fingerprint density at radius 3 is 2.80 bits per heavy atom. The molecule has 1 aliphatic rings. The fraction of sp³-hybridized carbons (Fsp3) is 0.167. The summed E-state index contributed by atoms with van der Waals surface area (Å²) in [7, 11) is 0. The van der Waals surface area contributed by atoms with Gasteiger partial charge in [-0.3, -0.25) is 4.98 Å². The molecule has 0 spiro atoms. The summed E-state index contributed by atoms with van der Waals surface area (Å²) in [6, 6.07) is 12.1. The minimum Gasteiger partial charge on any atom is -0.256 e. The third kappa shape index (κ3) is 1.34. The minimum atomic E-state index is -0.0942. The van der Waals surface area contributed by atoms with Gasteiger partial charge in [0.15, 0.2) is 0 Å². The molecular formula is C18H14FN. The first kappa shape index (κ1) is 11.6. The van der Waals surface area contributed by atoms with Crippen molar-refractivity contribution in [2.45, 2.75) is 19.8 Å². The van der Waals surface area contributed by atoms with Crippen LogP contribution < -0.4 is 0 Å². The van der Waals surface area contributed by atoms with Crippen LogP contribution in [-0.2, 0) is 0 Å². The van der Waals surface area contributed by atoms with Gasteiger partial charge in [0.1, 0.15) is 5.82 Å². The summed E-state index contributed by atoms with van der Waals surface area (Å²) < 4.78 is 14.6. The second kappa shape index (κ2) is 3.89. The van der Waals surface area contributed by atoms with Crippen LogP contribution in [0.4, 0.5) is 4.39 Å². The van der Waals surface area contributed by atoms with Gasteiger partial charge in [-0.25, -0.2) is 4.39 Å². The van der Waals surface area contributed by atoms with E-state index in [1.807, 2.05) is 31.2 Å². The van der Waals surface area contributed by atoms with Crippen LogP contribution in [0.3, 0.4) is 0 Å². The summed E-state index contributed by atoms with van der Waals surface area (Å²) in [5.74, 6) is -0.0337. The lowest BCUT2D eigenvalue weighted by molar-refractivity contribution is 0.595. The van der Waals surface area contributed by atoms with E-state index in [1.54, 1.807) is 6.20 Å². The number of halogens is 1. The number of aromatic nitrogens is 1. The van der Waals surface area contributed by atoms with E-state index in [0.717, 1.165) is 16.8 Å². The molecule has 0 amide bonds. The van der Waals surface area contributed by atoms with Gasteiger partial charge in [-0.15, -0.1) is 0 Å². The SMILES string of the molecule is Cc1ccc2c(c1F)C(C)c1cccc3ccnc-2c13. The molecule has 0 radical (unpaired) electrons. The lowest BCUT2D eigenvalue weighted by Crippen LogP contribution is -2.10. The van der Waals surface area contributed by atoms with E-state index in [2.05, 4.69) is 24.0 Å². The van der Waals surface area contributed by atoms with Crippen LogP contribution in [0.25, 0.3) is 22.0 Å². The van der Waals surface area contributed by atoms with Crippen LogP contribution in [0, 0.1) is 12.7 Å². The summed E-state index contributed by atoms with van der Waals surface area (Å²) in [4.78, 5) is 4.52. The smallest absolute Gasteiger partial charge is 0.130 e. The number of pyridine rings is 1. The fourth-order valence-corrected chi connectivity index (χ4v) is 3.31. The van der Waals surface area contributed by atoms with Crippen LogP contribution in [0.15, 0.2) is 42.6 Å². The van der Waals surface area contributed by atoms with Gasteiger partial charge in [0.25, 0.3) is 0 Å². The predicted octanol–water partition coefficient (Wildman–Crippen LogP) is 4.81. The topological polar surface area (TPSA) is 12.9 Å². The molecule has 1 nitrogen and oxygen atoms in total. The van der Waals surface area contributed by atoms with Crippen LogP contribution in [-0.4, -0.2) is 4.98 Å². The first-order valence-electron chi connectivity index (χ1n) is 6.85. The molecular weight excluding hydrogens is 249 g/mol. The lowest BCUT2D eigenvalue weighted by atomic mass is 9.79. The molecule has 98 valence electrons. The summed E-state index contributed by atoms with van der Waals surface area (Å²) >= 11 is 0. The van der Waals surface area contributed by atoms with Crippen LogP contribution in [0.5, 0.6) is 0 Å². The van der Waals surface area contributed by atoms with Crippen molar-refractivity contribution < 1.29 is 4.39 Å². The molecule has 1 aliphatic carbocycles. The number of rotatable bonds is 0. The second-order valence-corrected chi connectivity index (χ2v) is 5.48. The highest BCUT2D eigenvalue weighted by Crippen LogP contribution is 2.45. The Morgan fingerprint density at radius 2 is 1.95 bits per heavy atom. The van der Waals surface area contributed by atoms with Gasteiger partial charge < -0.3 is 0 Å². The minimum absolute atomic E-state index is 0.0605. The molecule has 1 aromatic heterocycles. The van der Waals surface area contributed by atoms with Gasteiger partial charge in [-0.2, -0.15) is 0 Å². The van der Waals surface area contributed by atoms with Crippen molar-refractivity contribution in [3.8, 4) is 11.3 Å². The van der Waals surface area contributed by atoms with Gasteiger partial charge >= 0.3 is 0 Å². The normalized spacial score (nSPS) is 16.2. The van der Waals surface area contributed by atoms with E-state index in [4.69, 9.17) is 0 Å². The second-order valence-electron chi connectivity index (χ2n) is 5.48. The van der Waals surface area contributed by atoms with Gasteiger partial charge in [-0.05, 0) is 29.5 Å². The molecule has 1 heterocycles. The largest absolute Gasteiger partial charge is 0.256 e. The number of hydrogen-bond donors (Lipinski definition) is 0. The molecule has 0 saturated heterocycles. The van der Waals surface area contributed by atoms with Crippen molar-refractivity contribution >= 4 is 10.8 Å². The molecule has 20 heavy (non-hydrogen) atoms. The van der Waals surface area contributed by atoms with Gasteiger partial charge in [0.2, 0.25) is 0 Å². The third-order valence-electron chi connectivity index (χ3n) is 4.35. The highest BCUT2D eigenvalue weighted by molar-refractivity contribution is 6.00. The molecule has 0 fully saturated rings. The van der Waals surface area contributed by atoms with Gasteiger partial charge in [0, 0.05) is 28.6 Å². The van der Waals surface area contributed by atoms with E-state index >= 15 is 0 Å². The highest BCUT2D eigenvalue weighted by atomic mass is 19.1. The Labute approximate surface area is 117 Å². The third-order valence-corrected chi connectivity index (χ3v) is 4.35. The summed E-state index contributed by atoms with van der Waals surface area (Å²) in [6.07, 6.45) is 1.80. The molecule has 4 rings (SSSR count). The van der Waals surface area contributed by atoms with Crippen LogP contribution in [0.1, 0.15) is 29.5 Å². The Morgan fingerprint density at radius 1 is 1.10 bits per heavy atom. The zero-order valence-corrected chi connectivity index (χ0v) is 11.4. The van der Waals surface area contributed by atoms with Crippen molar-refractivity contribution in [3.05, 3.63) is 65.1 Å². The molecule has 3 aromatic rings. The van der Waals surface area contributed by atoms with Crippen LogP contribution >= 0.6 is 0 Å². The van der Waals surface area contributed by atoms with E-state index < -0.39 is 0 Å². The molecule has 2 heteroatoms. The Hall–Kier alpha value is -2.22. The maximum atomic E-state index is 14.6. The van der Waals surface area contributed by atoms with Gasteiger partial charge in [0.05, 0.1) is 5.69 Å². The van der Waals surface area contributed by atoms with E-state index in [9.17, 15) is 4.39 Å². The van der Waals surface area contributed by atoms with Crippen molar-refractivity contribution in [3.63, 3.8) is 0 Å². The first-order valence-corrected chi connectivity index (χ1v) is 6.85. The number of nitrogens with zero attached hydrogens (tertiary/aromatic N) is 1. The molecule has 0 N–H and O–H groups in total. The quantitative estimate of drug-likeness (QED) is 0.567. The Balaban J connectivity index is 2.22. The number of fused-ring (bicyclic) bond motifs is 2.